The Bertz CT molecular complexity index is 811. The molecule has 1 N–H and O–H groups in total. The number of amides is 2. The number of nitrogens with one attached hydrogen (secondary N) is 1. The van der Waals surface area contributed by atoms with Gasteiger partial charge in [-0.1, -0.05) is 36.6 Å². The molecule has 6 nitrogen and oxygen atoms in total. The van der Waals surface area contributed by atoms with Gasteiger partial charge < -0.3 is 15.0 Å². The van der Waals surface area contributed by atoms with Crippen molar-refractivity contribution in [2.75, 3.05) is 45.9 Å². The molecule has 1 aliphatic carbocycles. The van der Waals surface area contributed by atoms with Crippen molar-refractivity contribution in [2.24, 2.45) is 0 Å². The lowest BCUT2D eigenvalue weighted by Crippen LogP contribution is -2.54. The predicted molar refractivity (Wildman–Crippen MR) is 125 cm³/mol. The molecule has 2 unspecified atom stereocenters. The average molecular weight is 464 g/mol. The molecule has 3 aliphatic rings. The summed E-state index contributed by atoms with van der Waals surface area (Å²) in [6, 6.07) is 7.63. The van der Waals surface area contributed by atoms with Crippen LogP contribution in [0.5, 0.6) is 0 Å². The van der Waals surface area contributed by atoms with Crippen molar-refractivity contribution in [3.05, 3.63) is 39.8 Å². The van der Waals surface area contributed by atoms with Gasteiger partial charge in [-0.2, -0.15) is 0 Å². The average Bonchev–Trinajstić information content (AvgIpc) is 2.79. The first-order chi connectivity index (χ1) is 15.1. The van der Waals surface area contributed by atoms with Gasteiger partial charge in [0.2, 0.25) is 5.91 Å². The Morgan fingerprint density at radius 2 is 1.94 bits per heavy atom. The molecule has 1 aromatic rings. The van der Waals surface area contributed by atoms with Crippen LogP contribution in [0.1, 0.15) is 31.2 Å². The summed E-state index contributed by atoms with van der Waals surface area (Å²) in [5.41, 5.74) is 0.949. The summed E-state index contributed by atoms with van der Waals surface area (Å²) in [6.07, 6.45) is 6.27. The highest BCUT2D eigenvalue weighted by Gasteiger charge is 2.41. The lowest BCUT2D eigenvalue weighted by molar-refractivity contribution is -0.135. The van der Waals surface area contributed by atoms with E-state index in [1.807, 2.05) is 35.2 Å². The molecular weight excluding hydrogens is 434 g/mol. The van der Waals surface area contributed by atoms with Gasteiger partial charge in [-0.15, -0.1) is 11.8 Å². The Labute approximate surface area is 193 Å². The number of thioether (sulfide) groups is 1. The number of halogens is 1. The first kappa shape index (κ1) is 22.6. The van der Waals surface area contributed by atoms with Gasteiger partial charge in [0, 0.05) is 42.5 Å². The fraction of sp³-hybridized carbons (Fsp3) is 0.565. The predicted octanol–water partition coefficient (Wildman–Crippen LogP) is 3.02. The smallest absolute Gasteiger partial charge is 0.261 e. The standard InChI is InChI=1S/C23H30ClN3O3S/c24-18-7-5-17(6-8-18)15-21-23(29)27(19-3-1-2-4-20(19)31-21)16-22(28)25-9-10-26-11-13-30-14-12-26/h5-8,15,19-20H,1-4,9-14,16H2,(H,25,28)/b21-15+. The molecule has 0 spiro atoms. The molecule has 1 aromatic carbocycles. The summed E-state index contributed by atoms with van der Waals surface area (Å²) in [6.45, 7) is 4.84. The lowest BCUT2D eigenvalue weighted by Gasteiger charge is -2.43. The number of hydrogen-bond donors (Lipinski definition) is 1. The molecular formula is C23H30ClN3O3S. The van der Waals surface area contributed by atoms with E-state index in [9.17, 15) is 9.59 Å². The van der Waals surface area contributed by atoms with E-state index in [-0.39, 0.29) is 24.4 Å². The number of ether oxygens (including phenoxy) is 1. The monoisotopic (exact) mass is 463 g/mol. The quantitative estimate of drug-likeness (QED) is 0.657. The SMILES string of the molecule is O=C(CN1C(=O)/C(=C\c2ccc(Cl)cc2)SC2CCCCC21)NCCN1CCOCC1. The van der Waals surface area contributed by atoms with Crippen LogP contribution in [0.2, 0.25) is 5.02 Å². The minimum Gasteiger partial charge on any atom is -0.379 e. The third-order valence-electron chi connectivity index (χ3n) is 6.15. The molecule has 2 heterocycles. The highest BCUT2D eigenvalue weighted by molar-refractivity contribution is 8.04. The van der Waals surface area contributed by atoms with Crippen LogP contribution in [-0.2, 0) is 14.3 Å². The number of carbonyl (C=O) groups is 2. The van der Waals surface area contributed by atoms with Gasteiger partial charge in [0.05, 0.1) is 18.1 Å². The molecule has 0 bridgehead atoms. The highest BCUT2D eigenvalue weighted by Crippen LogP contribution is 2.42. The van der Waals surface area contributed by atoms with Crippen LogP contribution in [-0.4, -0.2) is 78.8 Å². The lowest BCUT2D eigenvalue weighted by atomic mass is 9.93. The van der Waals surface area contributed by atoms with E-state index >= 15 is 0 Å². The summed E-state index contributed by atoms with van der Waals surface area (Å²) >= 11 is 7.67. The molecule has 3 fully saturated rings. The second-order valence-corrected chi connectivity index (χ2v) is 10.0. The van der Waals surface area contributed by atoms with Crippen molar-refractivity contribution in [1.29, 1.82) is 0 Å². The van der Waals surface area contributed by atoms with E-state index in [4.69, 9.17) is 16.3 Å². The van der Waals surface area contributed by atoms with Gasteiger partial charge in [-0.25, -0.2) is 0 Å². The third kappa shape index (κ3) is 6.04. The maximum absolute atomic E-state index is 13.3. The van der Waals surface area contributed by atoms with Gasteiger partial charge in [0.1, 0.15) is 6.54 Å². The fourth-order valence-electron chi connectivity index (χ4n) is 4.46. The van der Waals surface area contributed by atoms with Gasteiger partial charge >= 0.3 is 0 Å². The summed E-state index contributed by atoms with van der Waals surface area (Å²) < 4.78 is 5.36. The van der Waals surface area contributed by atoms with Crippen LogP contribution in [0.15, 0.2) is 29.2 Å². The summed E-state index contributed by atoms with van der Waals surface area (Å²) in [5.74, 6) is -0.116. The van der Waals surface area contributed by atoms with Crippen LogP contribution in [0.4, 0.5) is 0 Å². The van der Waals surface area contributed by atoms with Crippen molar-refractivity contribution < 1.29 is 14.3 Å². The molecule has 2 atom stereocenters. The Morgan fingerprint density at radius 1 is 1.19 bits per heavy atom. The minimum atomic E-state index is -0.0799. The zero-order chi connectivity index (χ0) is 21.6. The second-order valence-electron chi connectivity index (χ2n) is 8.31. The Hall–Kier alpha value is -1.54. The van der Waals surface area contributed by atoms with E-state index in [2.05, 4.69) is 10.2 Å². The Balaban J connectivity index is 1.40. The molecule has 0 aromatic heterocycles. The molecule has 2 saturated heterocycles. The maximum Gasteiger partial charge on any atom is 0.261 e. The molecule has 2 aliphatic heterocycles. The highest BCUT2D eigenvalue weighted by atomic mass is 35.5. The van der Waals surface area contributed by atoms with Crippen molar-refractivity contribution in [3.8, 4) is 0 Å². The topological polar surface area (TPSA) is 61.9 Å². The zero-order valence-electron chi connectivity index (χ0n) is 17.7. The zero-order valence-corrected chi connectivity index (χ0v) is 19.3. The van der Waals surface area contributed by atoms with Crippen LogP contribution < -0.4 is 5.32 Å². The number of benzene rings is 1. The largest absolute Gasteiger partial charge is 0.379 e. The summed E-state index contributed by atoms with van der Waals surface area (Å²) in [7, 11) is 0. The van der Waals surface area contributed by atoms with Crippen LogP contribution >= 0.6 is 23.4 Å². The minimum absolute atomic E-state index is 0.0357. The van der Waals surface area contributed by atoms with Crippen molar-refractivity contribution in [1.82, 2.24) is 15.1 Å². The molecule has 2 amide bonds. The number of rotatable bonds is 6. The number of carbonyl (C=O) groups excluding carboxylic acids is 2. The fourth-order valence-corrected chi connectivity index (χ4v) is 6.06. The number of hydrogen-bond acceptors (Lipinski definition) is 5. The van der Waals surface area contributed by atoms with E-state index in [0.717, 1.165) is 57.7 Å². The van der Waals surface area contributed by atoms with Crippen molar-refractivity contribution in [3.63, 3.8) is 0 Å². The van der Waals surface area contributed by atoms with Gasteiger partial charge in [0.25, 0.3) is 5.91 Å². The van der Waals surface area contributed by atoms with Crippen LogP contribution in [0.25, 0.3) is 6.08 Å². The van der Waals surface area contributed by atoms with E-state index in [1.54, 1.807) is 11.8 Å². The third-order valence-corrected chi connectivity index (χ3v) is 7.80. The van der Waals surface area contributed by atoms with Crippen molar-refractivity contribution in [2.45, 2.75) is 37.0 Å². The summed E-state index contributed by atoms with van der Waals surface area (Å²) in [5, 5.41) is 4.03. The number of fused-ring (bicyclic) bond motifs is 1. The second kappa shape index (κ2) is 10.9. The van der Waals surface area contributed by atoms with Gasteiger partial charge in [-0.3, -0.25) is 14.5 Å². The van der Waals surface area contributed by atoms with Gasteiger partial charge in [0.15, 0.2) is 0 Å². The Kier molecular flexibility index (Phi) is 7.93. The van der Waals surface area contributed by atoms with E-state index in [0.29, 0.717) is 21.7 Å². The molecule has 31 heavy (non-hydrogen) atoms. The van der Waals surface area contributed by atoms with E-state index < -0.39 is 0 Å². The van der Waals surface area contributed by atoms with Gasteiger partial charge in [-0.05, 0) is 36.6 Å². The number of morpholine rings is 1. The maximum atomic E-state index is 13.3. The molecule has 1 saturated carbocycles. The summed E-state index contributed by atoms with van der Waals surface area (Å²) in [4.78, 5) is 30.8. The number of nitrogens with zero attached hydrogens (tertiary/aromatic N) is 2. The van der Waals surface area contributed by atoms with Crippen molar-refractivity contribution >= 4 is 41.3 Å². The molecule has 4 rings (SSSR count). The van der Waals surface area contributed by atoms with Crippen LogP contribution in [0.3, 0.4) is 0 Å². The molecule has 168 valence electrons. The van der Waals surface area contributed by atoms with E-state index in [1.165, 1.54) is 6.42 Å². The first-order valence-electron chi connectivity index (χ1n) is 11.1. The molecule has 0 radical (unpaired) electrons. The Morgan fingerprint density at radius 3 is 2.71 bits per heavy atom. The normalized spacial score (nSPS) is 26.0. The van der Waals surface area contributed by atoms with Crippen LogP contribution in [0, 0.1) is 0 Å². The first-order valence-corrected chi connectivity index (χ1v) is 12.4. The molecule has 8 heteroatoms.